The first-order chi connectivity index (χ1) is 9.36. The van der Waals surface area contributed by atoms with Crippen LogP contribution in [0.25, 0.3) is 0 Å². The van der Waals surface area contributed by atoms with E-state index in [1.807, 2.05) is 46.0 Å². The van der Waals surface area contributed by atoms with E-state index in [9.17, 15) is 4.79 Å². The van der Waals surface area contributed by atoms with Crippen LogP contribution in [-0.2, 0) is 4.79 Å². The topological polar surface area (TPSA) is 38.1 Å². The molecule has 2 aromatic rings. The van der Waals surface area contributed by atoms with Crippen LogP contribution in [0.2, 0.25) is 0 Å². The van der Waals surface area contributed by atoms with Crippen molar-refractivity contribution in [3.8, 4) is 0 Å². The zero-order valence-corrected chi connectivity index (χ0v) is 10.8. The van der Waals surface area contributed by atoms with Gasteiger partial charge < -0.3 is 9.47 Å². The number of rotatable bonds is 3. The highest BCUT2D eigenvalue weighted by atomic mass is 16.2. The molecule has 1 aromatic heterocycles. The minimum Gasteiger partial charge on any atom is -0.341 e. The number of aromatic nitrogens is 2. The van der Waals surface area contributed by atoms with Crippen molar-refractivity contribution >= 4 is 5.91 Å². The fourth-order valence-corrected chi connectivity index (χ4v) is 2.61. The van der Waals surface area contributed by atoms with E-state index in [1.165, 1.54) is 0 Å². The summed E-state index contributed by atoms with van der Waals surface area (Å²) in [6.45, 7) is 1.74. The second-order valence-electron chi connectivity index (χ2n) is 4.86. The van der Waals surface area contributed by atoms with E-state index in [2.05, 4.69) is 4.98 Å². The van der Waals surface area contributed by atoms with Gasteiger partial charge in [-0.25, -0.2) is 4.98 Å². The molecule has 0 saturated carbocycles. The largest absolute Gasteiger partial charge is 0.341 e. The van der Waals surface area contributed by atoms with E-state index in [-0.39, 0.29) is 11.9 Å². The summed E-state index contributed by atoms with van der Waals surface area (Å²) >= 11 is 0. The van der Waals surface area contributed by atoms with Crippen LogP contribution >= 0.6 is 0 Å². The summed E-state index contributed by atoms with van der Waals surface area (Å²) in [6, 6.07) is 9.61. The van der Waals surface area contributed by atoms with Gasteiger partial charge in [0.1, 0.15) is 6.04 Å². The summed E-state index contributed by atoms with van der Waals surface area (Å²) in [5.41, 5.74) is 1.01. The van der Waals surface area contributed by atoms with Gasteiger partial charge in [0.25, 0.3) is 0 Å². The van der Waals surface area contributed by atoms with E-state index >= 15 is 0 Å². The lowest BCUT2D eigenvalue weighted by Crippen LogP contribution is -2.35. The van der Waals surface area contributed by atoms with Crippen LogP contribution in [0, 0.1) is 0 Å². The predicted molar refractivity (Wildman–Crippen MR) is 72.6 cm³/mol. The Labute approximate surface area is 112 Å². The van der Waals surface area contributed by atoms with Gasteiger partial charge in [0.05, 0.1) is 6.33 Å². The smallest absolute Gasteiger partial charge is 0.250 e. The van der Waals surface area contributed by atoms with Crippen LogP contribution in [-0.4, -0.2) is 33.4 Å². The molecule has 1 aliphatic heterocycles. The summed E-state index contributed by atoms with van der Waals surface area (Å²) in [5, 5.41) is 0. The Kier molecular flexibility index (Phi) is 3.31. The van der Waals surface area contributed by atoms with E-state index < -0.39 is 0 Å². The van der Waals surface area contributed by atoms with Crippen LogP contribution in [0.15, 0.2) is 49.1 Å². The van der Waals surface area contributed by atoms with Crippen molar-refractivity contribution in [1.29, 1.82) is 0 Å². The van der Waals surface area contributed by atoms with Crippen molar-refractivity contribution in [3.63, 3.8) is 0 Å². The number of carbonyl (C=O) groups excluding carboxylic acids is 1. The lowest BCUT2D eigenvalue weighted by atomic mass is 10.1. The van der Waals surface area contributed by atoms with Crippen LogP contribution in [0.4, 0.5) is 0 Å². The van der Waals surface area contributed by atoms with E-state index in [0.29, 0.717) is 0 Å². The minimum atomic E-state index is -0.290. The van der Waals surface area contributed by atoms with Gasteiger partial charge in [-0.15, -0.1) is 0 Å². The molecule has 1 fully saturated rings. The third-order valence-electron chi connectivity index (χ3n) is 3.59. The van der Waals surface area contributed by atoms with Crippen LogP contribution in [0.1, 0.15) is 24.4 Å². The molecule has 0 bridgehead atoms. The Bertz CT molecular complexity index is 530. The Hall–Kier alpha value is -2.10. The number of hydrogen-bond acceptors (Lipinski definition) is 2. The summed E-state index contributed by atoms with van der Waals surface area (Å²) in [6.07, 6.45) is 7.50. The third-order valence-corrected chi connectivity index (χ3v) is 3.59. The molecule has 1 aliphatic rings. The number of hydrogen-bond donors (Lipinski definition) is 0. The number of carbonyl (C=O) groups is 1. The van der Waals surface area contributed by atoms with Crippen molar-refractivity contribution in [3.05, 3.63) is 54.6 Å². The number of imidazole rings is 1. The van der Waals surface area contributed by atoms with Crippen LogP contribution in [0.3, 0.4) is 0 Å². The SMILES string of the molecule is O=C(C(c1ccccc1)n1ccnc1)N1CCCC1. The Morgan fingerprint density at radius 1 is 1.16 bits per heavy atom. The van der Waals surface area contributed by atoms with Crippen molar-refractivity contribution in [2.75, 3.05) is 13.1 Å². The molecular weight excluding hydrogens is 238 g/mol. The number of likely N-dealkylation sites (tertiary alicyclic amines) is 1. The standard InChI is InChI=1S/C15H17N3O/c19-15(17-9-4-5-10-17)14(18-11-8-16-12-18)13-6-2-1-3-7-13/h1-3,6-8,11-12,14H,4-5,9-10H2. The predicted octanol–water partition coefficient (Wildman–Crippen LogP) is 2.09. The minimum absolute atomic E-state index is 0.168. The number of nitrogens with zero attached hydrogens (tertiary/aromatic N) is 3. The van der Waals surface area contributed by atoms with Crippen LogP contribution < -0.4 is 0 Å². The lowest BCUT2D eigenvalue weighted by molar-refractivity contribution is -0.132. The van der Waals surface area contributed by atoms with Gasteiger partial charge in [-0.05, 0) is 18.4 Å². The second-order valence-corrected chi connectivity index (χ2v) is 4.86. The monoisotopic (exact) mass is 255 g/mol. The molecule has 0 aliphatic carbocycles. The second kappa shape index (κ2) is 5.26. The zero-order valence-electron chi connectivity index (χ0n) is 10.8. The van der Waals surface area contributed by atoms with Crippen LogP contribution in [0.5, 0.6) is 0 Å². The first kappa shape index (κ1) is 12.0. The zero-order chi connectivity index (χ0) is 13.1. The molecule has 98 valence electrons. The maximum atomic E-state index is 12.7. The van der Waals surface area contributed by atoms with Gasteiger partial charge in [-0.3, -0.25) is 4.79 Å². The first-order valence-electron chi connectivity index (χ1n) is 6.67. The highest BCUT2D eigenvalue weighted by molar-refractivity contribution is 5.83. The van der Waals surface area contributed by atoms with E-state index in [1.54, 1.807) is 12.5 Å². The van der Waals surface area contributed by atoms with Gasteiger partial charge in [0.15, 0.2) is 0 Å². The Morgan fingerprint density at radius 2 is 1.89 bits per heavy atom. The Morgan fingerprint density at radius 3 is 2.53 bits per heavy atom. The van der Waals surface area contributed by atoms with Crippen molar-refractivity contribution < 1.29 is 4.79 Å². The fraction of sp³-hybridized carbons (Fsp3) is 0.333. The first-order valence-corrected chi connectivity index (χ1v) is 6.67. The average Bonchev–Trinajstić information content (AvgIpc) is 3.13. The number of amides is 1. The molecule has 2 heterocycles. The average molecular weight is 255 g/mol. The molecular formula is C15H17N3O. The summed E-state index contributed by atoms with van der Waals surface area (Å²) in [4.78, 5) is 18.7. The molecule has 0 N–H and O–H groups in total. The molecule has 19 heavy (non-hydrogen) atoms. The van der Waals surface area contributed by atoms with E-state index in [4.69, 9.17) is 0 Å². The molecule has 1 unspecified atom stereocenters. The van der Waals surface area contributed by atoms with Gasteiger partial charge in [0.2, 0.25) is 5.91 Å². The van der Waals surface area contributed by atoms with E-state index in [0.717, 1.165) is 31.5 Å². The quantitative estimate of drug-likeness (QED) is 0.842. The van der Waals surface area contributed by atoms with Crippen molar-refractivity contribution in [2.45, 2.75) is 18.9 Å². The van der Waals surface area contributed by atoms with Gasteiger partial charge in [0, 0.05) is 25.5 Å². The number of benzene rings is 1. The fourth-order valence-electron chi connectivity index (χ4n) is 2.61. The van der Waals surface area contributed by atoms with Crippen molar-refractivity contribution in [1.82, 2.24) is 14.5 Å². The molecule has 1 amide bonds. The summed E-state index contributed by atoms with van der Waals surface area (Å²) < 4.78 is 1.88. The summed E-state index contributed by atoms with van der Waals surface area (Å²) in [5.74, 6) is 0.168. The summed E-state index contributed by atoms with van der Waals surface area (Å²) in [7, 11) is 0. The van der Waals surface area contributed by atoms with Gasteiger partial charge in [-0.2, -0.15) is 0 Å². The maximum absolute atomic E-state index is 12.7. The van der Waals surface area contributed by atoms with Gasteiger partial charge in [-0.1, -0.05) is 30.3 Å². The van der Waals surface area contributed by atoms with Crippen molar-refractivity contribution in [2.24, 2.45) is 0 Å². The lowest BCUT2D eigenvalue weighted by Gasteiger charge is -2.24. The molecule has 1 aromatic carbocycles. The van der Waals surface area contributed by atoms with Gasteiger partial charge >= 0.3 is 0 Å². The maximum Gasteiger partial charge on any atom is 0.250 e. The highest BCUT2D eigenvalue weighted by Crippen LogP contribution is 2.22. The third kappa shape index (κ3) is 2.38. The molecule has 1 saturated heterocycles. The molecule has 4 heteroatoms. The molecule has 3 rings (SSSR count). The molecule has 4 nitrogen and oxygen atoms in total. The highest BCUT2D eigenvalue weighted by Gasteiger charge is 2.28. The molecule has 1 atom stereocenters. The Balaban J connectivity index is 1.95. The molecule has 0 radical (unpaired) electrons. The molecule has 0 spiro atoms. The normalized spacial score (nSPS) is 16.5.